The van der Waals surface area contributed by atoms with Crippen LogP contribution in [0, 0.1) is 0 Å². The van der Waals surface area contributed by atoms with Crippen molar-refractivity contribution in [1.82, 2.24) is 30.1 Å². The number of ether oxygens (including phenoxy) is 4. The van der Waals surface area contributed by atoms with Crippen LogP contribution in [0.5, 0.6) is 11.8 Å². The van der Waals surface area contributed by atoms with Crippen LogP contribution < -0.4 is 14.8 Å². The van der Waals surface area contributed by atoms with Crippen molar-refractivity contribution in [2.45, 2.75) is 135 Å². The molecule has 0 radical (unpaired) electrons. The maximum absolute atomic E-state index is 12.5. The maximum atomic E-state index is 12.5. The van der Waals surface area contributed by atoms with Crippen molar-refractivity contribution < 1.29 is 73.2 Å². The number of rotatable bonds is 7. The van der Waals surface area contributed by atoms with Gasteiger partial charge in [0.2, 0.25) is 11.8 Å². The minimum absolute atomic E-state index is 0. The highest BCUT2D eigenvalue weighted by Gasteiger charge is 2.35. The first-order chi connectivity index (χ1) is 30.6. The molecule has 6 rings (SSSR count). The molecule has 2 amide bonds. The number of carbonyl (C=O) groups is 2. The predicted molar refractivity (Wildman–Crippen MR) is 261 cm³/mol. The third-order valence-corrected chi connectivity index (χ3v) is 9.65. The molecule has 0 spiro atoms. The summed E-state index contributed by atoms with van der Waals surface area (Å²) in [6.07, 6.45) is -6.08. The fraction of sp³-hybridized carbons (Fsp3) is 0.614. The molecule has 3 saturated heterocycles. The molecule has 6 heterocycles. The molecule has 0 saturated carbocycles. The fourth-order valence-corrected chi connectivity index (χ4v) is 6.34. The Kier molecular flexibility index (Phi) is 27.8. The van der Waals surface area contributed by atoms with Crippen molar-refractivity contribution in [2.75, 3.05) is 39.5 Å². The molecule has 3 atom stereocenters. The van der Waals surface area contributed by atoms with E-state index in [0.717, 1.165) is 81.7 Å². The number of hydrogen-bond acceptors (Lipinski definition) is 11. The molecule has 0 aromatic carbocycles. The molecule has 0 bridgehead atoms. The van der Waals surface area contributed by atoms with Crippen molar-refractivity contribution in [3.63, 3.8) is 0 Å². The average Bonchev–Trinajstić information content (AvgIpc) is 4.01. The average molecular weight is 1250 g/mol. The Morgan fingerprint density at radius 1 is 0.638 bits per heavy atom. The topological polar surface area (TPSA) is 148 Å². The van der Waals surface area contributed by atoms with Gasteiger partial charge in [-0.1, -0.05) is 19.0 Å². The third-order valence-electron chi connectivity index (χ3n) is 9.42. The molecule has 13 nitrogen and oxygen atoms in total. The molecule has 3 aliphatic rings. The first-order valence-corrected chi connectivity index (χ1v) is 21.3. The molecule has 2 N–H and O–H groups in total. The number of alkyl halides is 9. The van der Waals surface area contributed by atoms with Gasteiger partial charge in [0.05, 0.1) is 35.4 Å². The number of hydrogen-bond donors (Lipinski definition) is 2. The smallest absolute Gasteiger partial charge is 0.417 e. The van der Waals surface area contributed by atoms with Gasteiger partial charge in [-0.2, -0.15) is 39.5 Å². The Hall–Kier alpha value is -3.37. The summed E-state index contributed by atoms with van der Waals surface area (Å²) in [5.41, 5.74) is -3.42. The van der Waals surface area contributed by atoms with E-state index >= 15 is 0 Å². The van der Waals surface area contributed by atoms with E-state index in [1.54, 1.807) is 30.6 Å². The predicted octanol–water partition coefficient (Wildman–Crippen LogP) is 12.1. The lowest BCUT2D eigenvalue weighted by Gasteiger charge is -2.28. The number of nitrogens with zero attached hydrogens (tertiary/aromatic N) is 5. The number of aromatic nitrogens is 3. The summed E-state index contributed by atoms with van der Waals surface area (Å²) in [6.45, 7) is 13.8. The monoisotopic (exact) mass is 1250 g/mol. The number of aliphatic hydroxyl groups excluding tert-OH is 1. The number of carbonyl (C=O) groups excluding carboxylic acids is 2. The van der Waals surface area contributed by atoms with Crippen LogP contribution in [-0.2, 0) is 28.0 Å². The Morgan fingerprint density at radius 3 is 1.39 bits per heavy atom. The second kappa shape index (κ2) is 29.2. The second-order valence-corrected chi connectivity index (χ2v) is 17.6. The number of amides is 2. The van der Waals surface area contributed by atoms with E-state index in [9.17, 15) is 49.1 Å². The highest BCUT2D eigenvalue weighted by Crippen LogP contribution is 2.31. The van der Waals surface area contributed by atoms with Crippen molar-refractivity contribution in [3.05, 3.63) is 76.8 Å². The number of nitrogens with one attached hydrogen (secondary N) is 1. The van der Waals surface area contributed by atoms with Crippen LogP contribution >= 0.6 is 59.6 Å². The first kappa shape index (κ1) is 65.6. The largest absolute Gasteiger partial charge is 0.476 e. The Labute approximate surface area is 436 Å². The van der Waals surface area contributed by atoms with Gasteiger partial charge in [-0.3, -0.25) is 0 Å². The highest BCUT2D eigenvalue weighted by molar-refractivity contribution is 14.0. The first-order valence-electron chi connectivity index (χ1n) is 20.9. The van der Waals surface area contributed by atoms with Gasteiger partial charge in [0, 0.05) is 49.9 Å². The Morgan fingerprint density at radius 2 is 1.04 bits per heavy atom. The van der Waals surface area contributed by atoms with Crippen LogP contribution in [0.2, 0.25) is 5.15 Å². The van der Waals surface area contributed by atoms with E-state index in [-0.39, 0.29) is 110 Å². The zero-order valence-corrected chi connectivity index (χ0v) is 43.6. The Bertz CT molecular complexity index is 1940. The summed E-state index contributed by atoms with van der Waals surface area (Å²) >= 11 is 5.28. The zero-order valence-electron chi connectivity index (χ0n) is 38.1. The lowest BCUT2D eigenvalue weighted by Crippen LogP contribution is -2.42. The molecule has 0 unspecified atom stereocenters. The van der Waals surface area contributed by atoms with Crippen molar-refractivity contribution in [2.24, 2.45) is 0 Å². The highest BCUT2D eigenvalue weighted by atomic mass is 127. The Balaban J connectivity index is 0.000000915. The number of aliphatic hydroxyl groups is 1. The van der Waals surface area contributed by atoms with Gasteiger partial charge in [-0.05, 0) is 111 Å². The van der Waals surface area contributed by atoms with E-state index in [1.165, 1.54) is 12.1 Å². The van der Waals surface area contributed by atoms with Gasteiger partial charge < -0.3 is 39.2 Å². The number of pyridine rings is 3. The van der Waals surface area contributed by atoms with Crippen molar-refractivity contribution in [1.29, 1.82) is 0 Å². The molecule has 3 aromatic rings. The summed E-state index contributed by atoms with van der Waals surface area (Å²) in [5, 5.41) is 12.3. The SMILES string of the molecule is C.CC(C)(C)OC(=O)N1CCC[C@H]1CO.CC(C)(C)OC(=O)N1CCC[C@H]1COc1ccc(C(F)(F)F)cn1.FC(F)(F)c1ccc(Cl)nc1.FC(F)(F)c1ccc(OC[C@@H]2CCCN2)nc1.I.I. The van der Waals surface area contributed by atoms with E-state index in [2.05, 4.69) is 20.3 Å². The number of halogens is 12. The molecule has 3 aromatic heterocycles. The molecule has 69 heavy (non-hydrogen) atoms. The molecular formula is C44H62ClF9I2N6O7. The van der Waals surface area contributed by atoms with E-state index in [4.69, 9.17) is 35.7 Å². The lowest BCUT2D eigenvalue weighted by atomic mass is 10.2. The van der Waals surface area contributed by atoms with Crippen LogP contribution in [0.1, 0.15) is 104 Å². The lowest BCUT2D eigenvalue weighted by molar-refractivity contribution is -0.138. The summed E-state index contributed by atoms with van der Waals surface area (Å²) in [6, 6.07) is 6.35. The number of likely N-dealkylation sites (tertiary alicyclic amines) is 2. The molecule has 394 valence electrons. The van der Waals surface area contributed by atoms with Gasteiger partial charge in [0.1, 0.15) is 29.6 Å². The summed E-state index contributed by atoms with van der Waals surface area (Å²) in [7, 11) is 0. The van der Waals surface area contributed by atoms with Crippen LogP contribution in [0.15, 0.2) is 55.0 Å². The van der Waals surface area contributed by atoms with Gasteiger partial charge in [-0.15, -0.1) is 48.0 Å². The fourth-order valence-electron chi connectivity index (χ4n) is 6.23. The molecule has 3 fully saturated rings. The van der Waals surface area contributed by atoms with E-state index in [1.807, 2.05) is 20.8 Å². The van der Waals surface area contributed by atoms with Crippen LogP contribution in [0.4, 0.5) is 49.1 Å². The van der Waals surface area contributed by atoms with Crippen LogP contribution in [0.3, 0.4) is 0 Å². The van der Waals surface area contributed by atoms with Crippen molar-refractivity contribution >= 4 is 71.7 Å². The second-order valence-electron chi connectivity index (χ2n) is 17.2. The van der Waals surface area contributed by atoms with Gasteiger partial charge in [-0.25, -0.2) is 24.5 Å². The van der Waals surface area contributed by atoms with Gasteiger partial charge >= 0.3 is 30.7 Å². The quantitative estimate of drug-likeness (QED) is 0.132. The van der Waals surface area contributed by atoms with Crippen LogP contribution in [0.25, 0.3) is 0 Å². The third kappa shape index (κ3) is 24.5. The standard InChI is InChI=1S/C16H21F3N2O3.C11H13F3N2O.C10H19NO3.C6H3ClF3N.CH4.2HI/c1-15(2,3)24-14(22)21-8-4-5-12(21)10-23-13-7-6-11(9-20-13)16(17,18)19;12-11(13,14)8-3-4-10(16-6-8)17-7-9-2-1-5-15-9;1-10(2,3)14-9(13)11-6-4-5-8(11)7-12;7-5-2-1-4(3-11-5)6(8,9)10;;;/h6-7,9,12H,4-5,8,10H2,1-3H3;3-4,6,9,15H,1-2,5,7H2;8,12H,4-7H2,1-3H3;1-3H;1H4;2*1H/t12-;9-;8-;;;;/m000..../s1. The summed E-state index contributed by atoms with van der Waals surface area (Å²) < 4.78 is 131. The molecule has 0 aliphatic carbocycles. The summed E-state index contributed by atoms with van der Waals surface area (Å²) in [5.74, 6) is 0.325. The zero-order chi connectivity index (χ0) is 49.5. The molecule has 3 aliphatic heterocycles. The maximum Gasteiger partial charge on any atom is 0.417 e. The minimum Gasteiger partial charge on any atom is -0.476 e. The summed E-state index contributed by atoms with van der Waals surface area (Å²) in [4.78, 5) is 37.6. The van der Waals surface area contributed by atoms with E-state index in [0.29, 0.717) is 25.9 Å². The molecular weight excluding hydrogens is 1180 g/mol. The van der Waals surface area contributed by atoms with Gasteiger partial charge in [0.25, 0.3) is 0 Å². The van der Waals surface area contributed by atoms with Crippen molar-refractivity contribution in [3.8, 4) is 11.8 Å². The normalized spacial score (nSPS) is 18.0. The van der Waals surface area contributed by atoms with Crippen LogP contribution in [-0.4, -0.2) is 111 Å². The minimum atomic E-state index is -4.43. The van der Waals surface area contributed by atoms with Gasteiger partial charge in [0.15, 0.2) is 0 Å². The molecule has 25 heteroatoms. The van der Waals surface area contributed by atoms with E-state index < -0.39 is 52.5 Å².